The molecule has 0 rings (SSSR count). The highest BCUT2D eigenvalue weighted by atomic mass is 16.4. The van der Waals surface area contributed by atoms with Gasteiger partial charge in [0.25, 0.3) is 0 Å². The van der Waals surface area contributed by atoms with Gasteiger partial charge in [-0.15, -0.1) is 0 Å². The lowest BCUT2D eigenvalue weighted by molar-refractivity contribution is -0.147. The highest BCUT2D eigenvalue weighted by Crippen LogP contribution is 2.05. The van der Waals surface area contributed by atoms with Crippen molar-refractivity contribution in [1.29, 1.82) is 0 Å². The second-order valence-corrected chi connectivity index (χ2v) is 7.85. The first-order valence-electron chi connectivity index (χ1n) is 10.9. The minimum Gasteiger partial charge on any atom is -0.481 e. The predicted octanol–water partition coefficient (Wildman–Crippen LogP) is -5.48. The van der Waals surface area contributed by atoms with E-state index in [-0.39, 0.29) is 31.8 Å². The number of carboxylic acids is 2. The second kappa shape index (κ2) is 16.2. The maximum atomic E-state index is 13.0. The van der Waals surface area contributed by atoms with Crippen LogP contribution in [-0.4, -0.2) is 88.4 Å². The molecule has 4 atom stereocenters. The Bertz CT molecular complexity index is 905. The summed E-state index contributed by atoms with van der Waals surface area (Å²) in [4.78, 5) is 86.1. The predicted molar refractivity (Wildman–Crippen MR) is 126 cm³/mol. The van der Waals surface area contributed by atoms with Crippen LogP contribution < -0.4 is 44.6 Å². The molecule has 208 valence electrons. The quantitative estimate of drug-likeness (QED) is 0.0449. The topological polar surface area (TPSA) is 338 Å². The fraction of sp³-hybridized carbons (Fsp3) is 0.579. The third kappa shape index (κ3) is 14.5. The molecule has 0 fully saturated rings. The van der Waals surface area contributed by atoms with Gasteiger partial charge in [-0.3, -0.25) is 33.8 Å². The SMILES string of the molecule is NC(=O)CCC(NC(=O)C(CCCN=C(N)N)NC(=O)C(N)CC(N)=O)C(=O)NC(CC(=O)O)C(=O)O. The third-order valence-corrected chi connectivity index (χ3v) is 4.64. The Labute approximate surface area is 210 Å². The van der Waals surface area contributed by atoms with Crippen molar-refractivity contribution in [3.8, 4) is 0 Å². The molecule has 18 nitrogen and oxygen atoms in total. The van der Waals surface area contributed by atoms with E-state index in [2.05, 4.69) is 15.6 Å². The normalized spacial score (nSPS) is 13.6. The maximum Gasteiger partial charge on any atom is 0.326 e. The van der Waals surface area contributed by atoms with E-state index in [0.717, 1.165) is 0 Å². The number of nitrogens with zero attached hydrogens (tertiary/aromatic N) is 1. The first-order chi connectivity index (χ1) is 17.1. The number of rotatable bonds is 18. The van der Waals surface area contributed by atoms with E-state index in [9.17, 15) is 33.6 Å². The van der Waals surface area contributed by atoms with Crippen LogP contribution in [0.2, 0.25) is 0 Å². The van der Waals surface area contributed by atoms with Crippen molar-refractivity contribution in [2.24, 2.45) is 33.7 Å². The van der Waals surface area contributed by atoms with Crippen LogP contribution in [0.5, 0.6) is 0 Å². The molecule has 0 spiro atoms. The number of primary amides is 2. The van der Waals surface area contributed by atoms with Crippen LogP contribution in [0.4, 0.5) is 0 Å². The zero-order valence-electron chi connectivity index (χ0n) is 19.8. The molecule has 37 heavy (non-hydrogen) atoms. The Morgan fingerprint density at radius 3 is 1.68 bits per heavy atom. The van der Waals surface area contributed by atoms with E-state index in [1.165, 1.54) is 0 Å². The summed E-state index contributed by atoms with van der Waals surface area (Å²) in [6, 6.07) is -6.09. The van der Waals surface area contributed by atoms with Gasteiger partial charge in [0.15, 0.2) is 5.96 Å². The van der Waals surface area contributed by atoms with Crippen molar-refractivity contribution in [3.63, 3.8) is 0 Å². The molecule has 0 bridgehead atoms. The first-order valence-corrected chi connectivity index (χ1v) is 10.9. The van der Waals surface area contributed by atoms with Crippen LogP contribution >= 0.6 is 0 Å². The van der Waals surface area contributed by atoms with Gasteiger partial charge in [-0.05, 0) is 19.3 Å². The van der Waals surface area contributed by atoms with Gasteiger partial charge in [-0.1, -0.05) is 0 Å². The van der Waals surface area contributed by atoms with Crippen molar-refractivity contribution in [2.45, 2.75) is 62.7 Å². The number of nitrogens with one attached hydrogen (secondary N) is 3. The number of amides is 5. The van der Waals surface area contributed by atoms with Gasteiger partial charge < -0.3 is 54.8 Å². The van der Waals surface area contributed by atoms with Crippen molar-refractivity contribution >= 4 is 47.4 Å². The van der Waals surface area contributed by atoms with E-state index in [4.69, 9.17) is 38.9 Å². The molecule has 15 N–H and O–H groups in total. The Morgan fingerprint density at radius 1 is 0.703 bits per heavy atom. The zero-order valence-corrected chi connectivity index (χ0v) is 19.8. The summed E-state index contributed by atoms with van der Waals surface area (Å²) in [6.07, 6.45) is -2.16. The molecule has 5 amide bonds. The summed E-state index contributed by atoms with van der Waals surface area (Å²) in [5.41, 5.74) is 26.2. The standard InChI is InChI=1S/C19H33N9O9/c20-8(6-13(22)30)15(33)26-9(2-1-5-25-19(23)24)16(34)27-10(3-4-12(21)29)17(35)28-11(18(36)37)7-14(31)32/h8-11H,1-7,20H2,(H2,21,29)(H2,22,30)(H,26,33)(H,27,34)(H,28,35)(H,31,32)(H,36,37)(H4,23,24,25). The van der Waals surface area contributed by atoms with Crippen molar-refractivity contribution in [1.82, 2.24) is 16.0 Å². The minimum absolute atomic E-state index is 0.0659. The van der Waals surface area contributed by atoms with Gasteiger partial charge in [-0.25, -0.2) is 4.79 Å². The molecule has 18 heteroatoms. The van der Waals surface area contributed by atoms with Crippen LogP contribution in [0.3, 0.4) is 0 Å². The fourth-order valence-corrected chi connectivity index (χ4v) is 2.84. The number of carbonyl (C=O) groups is 7. The zero-order chi connectivity index (χ0) is 28.7. The lowest BCUT2D eigenvalue weighted by Gasteiger charge is -2.24. The van der Waals surface area contributed by atoms with Crippen LogP contribution in [0.1, 0.15) is 38.5 Å². The monoisotopic (exact) mass is 531 g/mol. The van der Waals surface area contributed by atoms with Crippen LogP contribution in [0.25, 0.3) is 0 Å². The molecule has 0 saturated carbocycles. The molecular weight excluding hydrogens is 498 g/mol. The molecule has 0 heterocycles. The number of guanidine groups is 1. The van der Waals surface area contributed by atoms with Crippen molar-refractivity contribution in [2.75, 3.05) is 6.54 Å². The summed E-state index contributed by atoms with van der Waals surface area (Å²) in [5.74, 6) is -8.05. The number of hydrogen-bond acceptors (Lipinski definition) is 9. The number of aliphatic imine (C=N–C) groups is 1. The maximum absolute atomic E-state index is 13.0. The minimum atomic E-state index is -1.83. The lowest BCUT2D eigenvalue weighted by atomic mass is 10.1. The number of hydrogen-bond donors (Lipinski definition) is 10. The van der Waals surface area contributed by atoms with Crippen molar-refractivity contribution in [3.05, 3.63) is 0 Å². The van der Waals surface area contributed by atoms with Crippen molar-refractivity contribution < 1.29 is 43.8 Å². The lowest BCUT2D eigenvalue weighted by Crippen LogP contribution is -2.57. The molecule has 0 aliphatic carbocycles. The third-order valence-electron chi connectivity index (χ3n) is 4.64. The van der Waals surface area contributed by atoms with Gasteiger partial charge >= 0.3 is 11.9 Å². The van der Waals surface area contributed by atoms with Gasteiger partial charge in [0.2, 0.25) is 29.5 Å². The molecule has 4 unspecified atom stereocenters. The van der Waals surface area contributed by atoms with Gasteiger partial charge in [0, 0.05) is 13.0 Å². The molecule has 0 aliphatic rings. The van der Waals surface area contributed by atoms with Crippen LogP contribution in [0, 0.1) is 0 Å². The van der Waals surface area contributed by atoms with Gasteiger partial charge in [0.1, 0.15) is 18.1 Å². The first kappa shape index (κ1) is 32.5. The smallest absolute Gasteiger partial charge is 0.326 e. The molecule has 0 aromatic heterocycles. The van der Waals surface area contributed by atoms with E-state index >= 15 is 0 Å². The van der Waals surface area contributed by atoms with E-state index in [1.54, 1.807) is 0 Å². The number of carbonyl (C=O) groups excluding carboxylic acids is 5. The Hall–Kier alpha value is -4.48. The second-order valence-electron chi connectivity index (χ2n) is 7.85. The average molecular weight is 532 g/mol. The Balaban J connectivity index is 5.72. The molecule has 0 saturated heterocycles. The molecule has 0 radical (unpaired) electrons. The number of aliphatic carboxylic acids is 2. The van der Waals surface area contributed by atoms with E-state index in [1.807, 2.05) is 5.32 Å². The van der Waals surface area contributed by atoms with Gasteiger partial charge in [0.05, 0.1) is 18.9 Å². The number of nitrogens with two attached hydrogens (primary N) is 5. The Morgan fingerprint density at radius 2 is 1.22 bits per heavy atom. The largest absolute Gasteiger partial charge is 0.481 e. The molecule has 0 aromatic rings. The highest BCUT2D eigenvalue weighted by molar-refractivity contribution is 5.95. The molecular formula is C19H33N9O9. The van der Waals surface area contributed by atoms with E-state index in [0.29, 0.717) is 0 Å². The molecule has 0 aliphatic heterocycles. The molecule has 0 aromatic carbocycles. The highest BCUT2D eigenvalue weighted by Gasteiger charge is 2.31. The number of carboxylic acid groups (broad SMARTS) is 2. The fourth-order valence-electron chi connectivity index (χ4n) is 2.84. The van der Waals surface area contributed by atoms with Crippen LogP contribution in [-0.2, 0) is 33.6 Å². The summed E-state index contributed by atoms with van der Waals surface area (Å²) in [5, 5.41) is 24.6. The summed E-state index contributed by atoms with van der Waals surface area (Å²) in [7, 11) is 0. The summed E-state index contributed by atoms with van der Waals surface area (Å²) < 4.78 is 0. The van der Waals surface area contributed by atoms with Crippen LogP contribution in [0.15, 0.2) is 4.99 Å². The van der Waals surface area contributed by atoms with E-state index < -0.39 is 84.9 Å². The van der Waals surface area contributed by atoms with Gasteiger partial charge in [-0.2, -0.15) is 0 Å². The summed E-state index contributed by atoms with van der Waals surface area (Å²) in [6.45, 7) is 0.0659. The average Bonchev–Trinajstić information content (AvgIpc) is 2.76. The Kier molecular flexibility index (Phi) is 14.3. The summed E-state index contributed by atoms with van der Waals surface area (Å²) >= 11 is 0.